The normalized spacial score (nSPS) is 18.8. The molecule has 1 aliphatic heterocycles. The van der Waals surface area contributed by atoms with E-state index >= 15 is 0 Å². The Morgan fingerprint density at radius 3 is 3.22 bits per heavy atom. The number of aromatic nitrogens is 1. The molecule has 2 rings (SSSR count). The van der Waals surface area contributed by atoms with Crippen LogP contribution >= 0.6 is 11.6 Å². The van der Waals surface area contributed by atoms with Gasteiger partial charge in [-0.2, -0.15) is 0 Å². The molecular weight excluding hydrogens is 254 g/mol. The number of carbonyl (C=O) groups excluding carboxylic acids is 1. The summed E-state index contributed by atoms with van der Waals surface area (Å²) in [5.74, 6) is -0.227. The number of nitrogen functional groups attached to an aromatic ring is 1. The van der Waals surface area contributed by atoms with Crippen LogP contribution in [0.25, 0.3) is 0 Å². The largest absolute Gasteiger partial charge is 0.397 e. The molecular formula is C12H16ClN3O2. The summed E-state index contributed by atoms with van der Waals surface area (Å²) < 4.78 is 5.48. The van der Waals surface area contributed by atoms with E-state index < -0.39 is 0 Å². The fourth-order valence-electron chi connectivity index (χ4n) is 1.95. The van der Waals surface area contributed by atoms with Crippen molar-refractivity contribution in [2.75, 3.05) is 18.9 Å². The van der Waals surface area contributed by atoms with Crippen molar-refractivity contribution >= 4 is 23.2 Å². The molecule has 1 amide bonds. The molecule has 6 heteroatoms. The number of amides is 1. The summed E-state index contributed by atoms with van der Waals surface area (Å²) in [6.45, 7) is 1.40. The van der Waals surface area contributed by atoms with Crippen LogP contribution in [0.4, 0.5) is 5.69 Å². The fourth-order valence-corrected chi connectivity index (χ4v) is 2.11. The van der Waals surface area contributed by atoms with Gasteiger partial charge in [-0.3, -0.25) is 4.79 Å². The minimum atomic E-state index is -0.227. The molecule has 1 saturated heterocycles. The molecule has 1 aromatic heterocycles. The Hall–Kier alpha value is -1.33. The summed E-state index contributed by atoms with van der Waals surface area (Å²) in [5.41, 5.74) is 6.37. The van der Waals surface area contributed by atoms with Gasteiger partial charge in [0.2, 0.25) is 0 Å². The molecule has 1 atom stereocenters. The Bertz CT molecular complexity index is 433. The number of nitrogens with zero attached hydrogens (tertiary/aromatic N) is 1. The Balaban J connectivity index is 1.85. The maximum absolute atomic E-state index is 11.9. The smallest absolute Gasteiger partial charge is 0.253 e. The summed E-state index contributed by atoms with van der Waals surface area (Å²) in [6.07, 6.45) is 4.65. The van der Waals surface area contributed by atoms with Crippen molar-refractivity contribution in [1.29, 1.82) is 0 Å². The van der Waals surface area contributed by atoms with Crippen LogP contribution in [-0.2, 0) is 4.74 Å². The van der Waals surface area contributed by atoms with Gasteiger partial charge in [0.15, 0.2) is 0 Å². The van der Waals surface area contributed by atoms with E-state index in [4.69, 9.17) is 22.1 Å². The second-order valence-electron chi connectivity index (χ2n) is 4.27. The van der Waals surface area contributed by atoms with Gasteiger partial charge in [0.05, 0.1) is 23.6 Å². The lowest BCUT2D eigenvalue weighted by atomic mass is 10.1. The standard InChI is InChI=1S/C12H16ClN3O2/c13-11-6-9(10(14)7-16-11)12(17)15-4-3-8-2-1-5-18-8/h6-8H,1-5,14H2,(H,15,17). The van der Waals surface area contributed by atoms with Gasteiger partial charge < -0.3 is 15.8 Å². The molecule has 0 saturated carbocycles. The predicted molar refractivity (Wildman–Crippen MR) is 69.6 cm³/mol. The Morgan fingerprint density at radius 2 is 2.50 bits per heavy atom. The highest BCUT2D eigenvalue weighted by Gasteiger charge is 2.16. The maximum Gasteiger partial charge on any atom is 0.253 e. The van der Waals surface area contributed by atoms with Crippen molar-refractivity contribution < 1.29 is 9.53 Å². The minimum absolute atomic E-state index is 0.227. The first kappa shape index (κ1) is 13.1. The van der Waals surface area contributed by atoms with Gasteiger partial charge >= 0.3 is 0 Å². The van der Waals surface area contributed by atoms with E-state index in [2.05, 4.69) is 10.3 Å². The first-order valence-corrected chi connectivity index (χ1v) is 6.35. The number of carbonyl (C=O) groups is 1. The van der Waals surface area contributed by atoms with E-state index in [1.165, 1.54) is 12.3 Å². The Morgan fingerprint density at radius 1 is 1.67 bits per heavy atom. The molecule has 0 radical (unpaired) electrons. The van der Waals surface area contributed by atoms with Gasteiger partial charge in [-0.05, 0) is 25.3 Å². The van der Waals surface area contributed by atoms with Crippen molar-refractivity contribution in [2.24, 2.45) is 0 Å². The van der Waals surface area contributed by atoms with Crippen LogP contribution in [0.3, 0.4) is 0 Å². The number of pyridine rings is 1. The van der Waals surface area contributed by atoms with Crippen molar-refractivity contribution in [3.63, 3.8) is 0 Å². The number of hydrogen-bond donors (Lipinski definition) is 2. The van der Waals surface area contributed by atoms with Crippen molar-refractivity contribution in [1.82, 2.24) is 10.3 Å². The highest BCUT2D eigenvalue weighted by atomic mass is 35.5. The summed E-state index contributed by atoms with van der Waals surface area (Å²) in [5, 5.41) is 3.07. The number of halogens is 1. The van der Waals surface area contributed by atoms with Gasteiger partial charge in [-0.1, -0.05) is 11.6 Å². The number of anilines is 1. The van der Waals surface area contributed by atoms with Crippen molar-refractivity contribution in [3.8, 4) is 0 Å². The first-order chi connectivity index (χ1) is 8.66. The summed E-state index contributed by atoms with van der Waals surface area (Å²) in [4.78, 5) is 15.7. The molecule has 0 aliphatic carbocycles. The van der Waals surface area contributed by atoms with Gasteiger partial charge in [-0.25, -0.2) is 4.98 Å². The number of nitrogens with two attached hydrogens (primary N) is 1. The SMILES string of the molecule is Nc1cnc(Cl)cc1C(=O)NCCC1CCCO1. The zero-order valence-corrected chi connectivity index (χ0v) is 10.7. The lowest BCUT2D eigenvalue weighted by Crippen LogP contribution is -2.27. The lowest BCUT2D eigenvalue weighted by molar-refractivity contribution is 0.0908. The van der Waals surface area contributed by atoms with Gasteiger partial charge in [0, 0.05) is 13.2 Å². The predicted octanol–water partition coefficient (Wildman–Crippen LogP) is 1.62. The number of nitrogens with one attached hydrogen (secondary N) is 1. The summed E-state index contributed by atoms with van der Waals surface area (Å²) in [6, 6.07) is 1.47. The number of ether oxygens (including phenoxy) is 1. The molecule has 0 spiro atoms. The van der Waals surface area contributed by atoms with Crippen LogP contribution in [0.1, 0.15) is 29.6 Å². The third kappa shape index (κ3) is 3.34. The molecule has 18 heavy (non-hydrogen) atoms. The summed E-state index contributed by atoms with van der Waals surface area (Å²) in [7, 11) is 0. The monoisotopic (exact) mass is 269 g/mol. The lowest BCUT2D eigenvalue weighted by Gasteiger charge is -2.11. The maximum atomic E-state index is 11.9. The molecule has 3 N–H and O–H groups in total. The highest BCUT2D eigenvalue weighted by molar-refractivity contribution is 6.29. The van der Waals surface area contributed by atoms with Crippen LogP contribution in [0.5, 0.6) is 0 Å². The van der Waals surface area contributed by atoms with Crippen molar-refractivity contribution in [3.05, 3.63) is 23.0 Å². The Labute approximate surface area is 111 Å². The molecule has 2 heterocycles. The van der Waals surface area contributed by atoms with E-state index in [9.17, 15) is 4.79 Å². The van der Waals surface area contributed by atoms with Crippen LogP contribution in [-0.4, -0.2) is 30.1 Å². The first-order valence-electron chi connectivity index (χ1n) is 5.97. The average Bonchev–Trinajstić information content (AvgIpc) is 2.85. The molecule has 0 aromatic carbocycles. The van der Waals surface area contributed by atoms with Crippen molar-refractivity contribution in [2.45, 2.75) is 25.4 Å². The zero-order chi connectivity index (χ0) is 13.0. The Kier molecular flexibility index (Phi) is 4.38. The van der Waals surface area contributed by atoms with Crippen LogP contribution in [0, 0.1) is 0 Å². The van der Waals surface area contributed by atoms with Crippen LogP contribution in [0.15, 0.2) is 12.3 Å². The molecule has 0 bridgehead atoms. The van der Waals surface area contributed by atoms with E-state index in [-0.39, 0.29) is 17.2 Å². The molecule has 1 aliphatic rings. The van der Waals surface area contributed by atoms with Crippen LogP contribution < -0.4 is 11.1 Å². The zero-order valence-electron chi connectivity index (χ0n) is 9.99. The second kappa shape index (κ2) is 6.02. The molecule has 1 fully saturated rings. The third-order valence-corrected chi connectivity index (χ3v) is 3.13. The second-order valence-corrected chi connectivity index (χ2v) is 4.66. The van der Waals surface area contributed by atoms with E-state index in [0.29, 0.717) is 17.8 Å². The molecule has 5 nitrogen and oxygen atoms in total. The molecule has 1 aromatic rings. The van der Waals surface area contributed by atoms with Crippen LogP contribution in [0.2, 0.25) is 5.15 Å². The van der Waals surface area contributed by atoms with Gasteiger partial charge in [0.25, 0.3) is 5.91 Å². The molecule has 1 unspecified atom stereocenters. The number of hydrogen-bond acceptors (Lipinski definition) is 4. The number of rotatable bonds is 4. The van der Waals surface area contributed by atoms with E-state index in [1.54, 1.807) is 0 Å². The third-order valence-electron chi connectivity index (χ3n) is 2.92. The van der Waals surface area contributed by atoms with E-state index in [0.717, 1.165) is 25.9 Å². The van der Waals surface area contributed by atoms with E-state index in [1.807, 2.05) is 0 Å². The average molecular weight is 270 g/mol. The van der Waals surface area contributed by atoms with Gasteiger partial charge in [-0.15, -0.1) is 0 Å². The topological polar surface area (TPSA) is 77.2 Å². The van der Waals surface area contributed by atoms with Gasteiger partial charge in [0.1, 0.15) is 5.15 Å². The summed E-state index contributed by atoms with van der Waals surface area (Å²) >= 11 is 5.73. The minimum Gasteiger partial charge on any atom is -0.397 e. The highest BCUT2D eigenvalue weighted by Crippen LogP contribution is 2.16. The molecule has 98 valence electrons. The fraction of sp³-hybridized carbons (Fsp3) is 0.500. The quantitative estimate of drug-likeness (QED) is 0.814.